The SMILES string of the molecule is CCOc1ccc(NC(=O)/C(C#N)=C\c2cc(C)n(-c3cc(C)ccc3OC)c2C)cc1. The fraction of sp³-hybridized carbons (Fsp3) is 0.231. The highest BCUT2D eigenvalue weighted by atomic mass is 16.5. The number of nitrogens with one attached hydrogen (secondary N) is 1. The summed E-state index contributed by atoms with van der Waals surface area (Å²) in [5.74, 6) is 1.01. The summed E-state index contributed by atoms with van der Waals surface area (Å²) in [7, 11) is 1.64. The van der Waals surface area contributed by atoms with Crippen LogP contribution in [0.5, 0.6) is 11.5 Å². The van der Waals surface area contributed by atoms with Crippen molar-refractivity contribution in [2.45, 2.75) is 27.7 Å². The third kappa shape index (κ3) is 4.84. The number of methoxy groups -OCH3 is 1. The molecule has 0 unspecified atom stereocenters. The van der Waals surface area contributed by atoms with Gasteiger partial charge in [0.05, 0.1) is 19.4 Å². The third-order valence-corrected chi connectivity index (χ3v) is 5.13. The molecule has 0 aliphatic heterocycles. The lowest BCUT2D eigenvalue weighted by molar-refractivity contribution is -0.112. The van der Waals surface area contributed by atoms with Crippen molar-refractivity contribution in [2.75, 3.05) is 19.0 Å². The van der Waals surface area contributed by atoms with Gasteiger partial charge in [-0.25, -0.2) is 0 Å². The van der Waals surface area contributed by atoms with Gasteiger partial charge in [-0.1, -0.05) is 6.07 Å². The molecule has 0 atom stereocenters. The number of rotatable bonds is 7. The van der Waals surface area contributed by atoms with Gasteiger partial charge in [-0.3, -0.25) is 4.79 Å². The van der Waals surface area contributed by atoms with Crippen LogP contribution in [0.4, 0.5) is 5.69 Å². The van der Waals surface area contributed by atoms with Crippen LogP contribution in [-0.4, -0.2) is 24.2 Å². The highest BCUT2D eigenvalue weighted by Crippen LogP contribution is 2.30. The maximum Gasteiger partial charge on any atom is 0.266 e. The van der Waals surface area contributed by atoms with E-state index in [0.717, 1.165) is 39.7 Å². The second-order valence-corrected chi connectivity index (χ2v) is 7.42. The summed E-state index contributed by atoms with van der Waals surface area (Å²) in [6.45, 7) is 8.45. The van der Waals surface area contributed by atoms with Gasteiger partial charge in [-0.2, -0.15) is 5.26 Å². The Bertz CT molecular complexity index is 1200. The minimum atomic E-state index is -0.463. The van der Waals surface area contributed by atoms with Crippen LogP contribution < -0.4 is 14.8 Å². The molecule has 2 aromatic carbocycles. The minimum absolute atomic E-state index is 0.0235. The van der Waals surface area contributed by atoms with E-state index in [9.17, 15) is 10.1 Å². The first kappa shape index (κ1) is 22.7. The van der Waals surface area contributed by atoms with Gasteiger partial charge in [0.15, 0.2) is 0 Å². The van der Waals surface area contributed by atoms with E-state index in [2.05, 4.69) is 16.0 Å². The molecule has 6 heteroatoms. The molecule has 0 aliphatic carbocycles. The summed E-state index contributed by atoms with van der Waals surface area (Å²) in [6, 6.07) is 17.0. The number of nitrogens with zero attached hydrogens (tertiary/aromatic N) is 2. The number of benzene rings is 2. The highest BCUT2D eigenvalue weighted by Gasteiger charge is 2.16. The Hall–Kier alpha value is -3.98. The molecular weight excluding hydrogens is 402 g/mol. The van der Waals surface area contributed by atoms with E-state index in [0.29, 0.717) is 12.3 Å². The Kier molecular flexibility index (Phi) is 7.01. The van der Waals surface area contributed by atoms with Crippen molar-refractivity contribution >= 4 is 17.7 Å². The highest BCUT2D eigenvalue weighted by molar-refractivity contribution is 6.09. The van der Waals surface area contributed by atoms with Crippen LogP contribution in [0.15, 0.2) is 54.1 Å². The van der Waals surface area contributed by atoms with Crippen LogP contribution in [0.2, 0.25) is 0 Å². The fourth-order valence-electron chi connectivity index (χ4n) is 3.58. The lowest BCUT2D eigenvalue weighted by Gasteiger charge is -2.14. The zero-order valence-electron chi connectivity index (χ0n) is 19.0. The van der Waals surface area contributed by atoms with E-state index in [-0.39, 0.29) is 5.57 Å². The first-order chi connectivity index (χ1) is 15.4. The van der Waals surface area contributed by atoms with Crippen LogP contribution in [0.25, 0.3) is 11.8 Å². The molecule has 0 radical (unpaired) electrons. The largest absolute Gasteiger partial charge is 0.495 e. The number of hydrogen-bond donors (Lipinski definition) is 1. The molecule has 0 saturated carbocycles. The van der Waals surface area contributed by atoms with Gasteiger partial charge >= 0.3 is 0 Å². The van der Waals surface area contributed by atoms with E-state index in [1.807, 2.05) is 52.0 Å². The van der Waals surface area contributed by atoms with Gasteiger partial charge in [0.25, 0.3) is 5.91 Å². The van der Waals surface area contributed by atoms with Crippen LogP contribution in [0.1, 0.15) is 29.4 Å². The van der Waals surface area contributed by atoms with E-state index in [1.54, 1.807) is 37.5 Å². The number of carbonyl (C=O) groups excluding carboxylic acids is 1. The van der Waals surface area contributed by atoms with Gasteiger partial charge in [0.2, 0.25) is 0 Å². The van der Waals surface area contributed by atoms with Gasteiger partial charge in [-0.05, 0) is 87.4 Å². The Morgan fingerprint density at radius 2 is 1.84 bits per heavy atom. The summed E-state index contributed by atoms with van der Waals surface area (Å²) < 4.78 is 13.0. The quantitative estimate of drug-likeness (QED) is 0.405. The summed E-state index contributed by atoms with van der Waals surface area (Å²) in [5, 5.41) is 12.4. The molecule has 1 heterocycles. The summed E-state index contributed by atoms with van der Waals surface area (Å²) in [4.78, 5) is 12.7. The van der Waals surface area contributed by atoms with Crippen molar-refractivity contribution < 1.29 is 14.3 Å². The number of nitriles is 1. The molecule has 0 saturated heterocycles. The molecule has 1 amide bonds. The number of ether oxygens (including phenoxy) is 2. The van der Waals surface area contributed by atoms with E-state index < -0.39 is 5.91 Å². The summed E-state index contributed by atoms with van der Waals surface area (Å²) in [6.07, 6.45) is 1.62. The molecule has 0 spiro atoms. The molecule has 0 fully saturated rings. The average Bonchev–Trinajstić information content (AvgIpc) is 3.06. The van der Waals surface area contributed by atoms with Gasteiger partial charge in [-0.15, -0.1) is 0 Å². The molecule has 3 rings (SSSR count). The Morgan fingerprint density at radius 1 is 1.12 bits per heavy atom. The molecule has 32 heavy (non-hydrogen) atoms. The second kappa shape index (κ2) is 9.88. The van der Waals surface area contributed by atoms with Crippen LogP contribution in [-0.2, 0) is 4.79 Å². The van der Waals surface area contributed by atoms with Crippen molar-refractivity contribution in [3.63, 3.8) is 0 Å². The van der Waals surface area contributed by atoms with Crippen molar-refractivity contribution in [3.05, 3.63) is 76.6 Å². The maximum atomic E-state index is 12.7. The summed E-state index contributed by atoms with van der Waals surface area (Å²) >= 11 is 0. The second-order valence-electron chi connectivity index (χ2n) is 7.42. The van der Waals surface area contributed by atoms with Crippen LogP contribution in [0.3, 0.4) is 0 Å². The van der Waals surface area contributed by atoms with Crippen molar-refractivity contribution in [2.24, 2.45) is 0 Å². The zero-order chi connectivity index (χ0) is 23.3. The van der Waals surface area contributed by atoms with Gasteiger partial charge in [0.1, 0.15) is 23.1 Å². The number of carbonyl (C=O) groups is 1. The number of amides is 1. The Labute approximate surface area is 188 Å². The Morgan fingerprint density at radius 3 is 2.47 bits per heavy atom. The van der Waals surface area contributed by atoms with E-state index in [4.69, 9.17) is 9.47 Å². The lowest BCUT2D eigenvalue weighted by Crippen LogP contribution is -2.13. The molecular formula is C26H27N3O3. The normalized spacial score (nSPS) is 11.1. The number of aromatic nitrogens is 1. The molecule has 1 aromatic heterocycles. The van der Waals surface area contributed by atoms with Crippen molar-refractivity contribution in [1.82, 2.24) is 4.57 Å². The van der Waals surface area contributed by atoms with Crippen molar-refractivity contribution in [1.29, 1.82) is 5.26 Å². The molecule has 164 valence electrons. The predicted molar refractivity (Wildman–Crippen MR) is 126 cm³/mol. The topological polar surface area (TPSA) is 76.3 Å². The average molecular weight is 430 g/mol. The number of aryl methyl sites for hydroxylation is 2. The molecule has 0 bridgehead atoms. The number of hydrogen-bond acceptors (Lipinski definition) is 4. The standard InChI is InChI=1S/C26H27N3O3/c1-6-32-23-10-8-22(9-11-23)28-26(30)21(16-27)15-20-14-18(3)29(19(20)4)24-13-17(2)7-12-25(24)31-5/h7-15H,6H2,1-5H3,(H,28,30)/b21-15-. The van der Waals surface area contributed by atoms with Crippen LogP contribution in [0, 0.1) is 32.1 Å². The maximum absolute atomic E-state index is 12.7. The molecule has 6 nitrogen and oxygen atoms in total. The monoisotopic (exact) mass is 429 g/mol. The smallest absolute Gasteiger partial charge is 0.266 e. The van der Waals surface area contributed by atoms with E-state index >= 15 is 0 Å². The minimum Gasteiger partial charge on any atom is -0.495 e. The van der Waals surface area contributed by atoms with Gasteiger partial charge < -0.3 is 19.4 Å². The predicted octanol–water partition coefficient (Wildman–Crippen LogP) is 5.36. The zero-order valence-corrected chi connectivity index (χ0v) is 19.0. The van der Waals surface area contributed by atoms with Gasteiger partial charge in [0, 0.05) is 17.1 Å². The molecule has 1 N–H and O–H groups in total. The third-order valence-electron chi connectivity index (χ3n) is 5.13. The Balaban J connectivity index is 1.91. The number of anilines is 1. The molecule has 0 aliphatic rings. The first-order valence-electron chi connectivity index (χ1n) is 10.4. The fourth-order valence-corrected chi connectivity index (χ4v) is 3.58. The molecule has 3 aromatic rings. The lowest BCUT2D eigenvalue weighted by atomic mass is 10.1. The first-order valence-corrected chi connectivity index (χ1v) is 10.4. The van der Waals surface area contributed by atoms with Crippen LogP contribution >= 0.6 is 0 Å². The van der Waals surface area contributed by atoms with Crippen molar-refractivity contribution in [3.8, 4) is 23.3 Å². The summed E-state index contributed by atoms with van der Waals surface area (Å²) in [5.41, 5.74) is 5.32. The van der Waals surface area contributed by atoms with E-state index in [1.165, 1.54) is 0 Å².